The number of rotatable bonds is 8. The van der Waals surface area contributed by atoms with Crippen LogP contribution in [-0.2, 0) is 9.53 Å². The van der Waals surface area contributed by atoms with E-state index in [0.717, 1.165) is 22.8 Å². The van der Waals surface area contributed by atoms with E-state index in [1.54, 1.807) is 20.8 Å². The Hall–Kier alpha value is -2.26. The molecular weight excluding hydrogens is 472 g/mol. The number of thioether (sulfide) groups is 1. The van der Waals surface area contributed by atoms with Gasteiger partial charge in [0, 0.05) is 10.5 Å². The van der Waals surface area contributed by atoms with Crippen LogP contribution >= 0.6 is 11.8 Å². The SMILES string of the molecule is CCOC(=O)C(C)(C)Oc1c(C)cc(C2CC2C(O)c2ccc(SC(F)(F)F)cc2F)cc1C. The van der Waals surface area contributed by atoms with E-state index in [1.807, 2.05) is 26.0 Å². The van der Waals surface area contributed by atoms with Gasteiger partial charge in [0.15, 0.2) is 5.60 Å². The van der Waals surface area contributed by atoms with Gasteiger partial charge in [-0.05, 0) is 93.5 Å². The average Bonchev–Trinajstić information content (AvgIpc) is 3.50. The fourth-order valence-electron chi connectivity index (χ4n) is 4.08. The number of alkyl halides is 3. The highest BCUT2D eigenvalue weighted by Gasteiger charge is 2.45. The molecule has 0 aromatic heterocycles. The van der Waals surface area contributed by atoms with Crippen LogP contribution in [0.1, 0.15) is 61.5 Å². The van der Waals surface area contributed by atoms with Crippen molar-refractivity contribution in [3.05, 3.63) is 58.4 Å². The van der Waals surface area contributed by atoms with Gasteiger partial charge in [0.05, 0.1) is 12.7 Å². The van der Waals surface area contributed by atoms with E-state index in [1.165, 1.54) is 12.1 Å². The van der Waals surface area contributed by atoms with Gasteiger partial charge in [-0.1, -0.05) is 18.2 Å². The Morgan fingerprint density at radius 3 is 2.32 bits per heavy atom. The van der Waals surface area contributed by atoms with E-state index < -0.39 is 40.8 Å². The maximum atomic E-state index is 14.5. The van der Waals surface area contributed by atoms with Crippen LogP contribution < -0.4 is 4.74 Å². The molecule has 3 unspecified atom stereocenters. The van der Waals surface area contributed by atoms with Crippen LogP contribution in [-0.4, -0.2) is 28.8 Å². The van der Waals surface area contributed by atoms with Crippen LogP contribution in [0.15, 0.2) is 35.2 Å². The summed E-state index contributed by atoms with van der Waals surface area (Å²) in [6.45, 7) is 8.96. The van der Waals surface area contributed by atoms with Crippen LogP contribution in [0, 0.1) is 25.6 Å². The number of aliphatic hydroxyl groups excluding tert-OH is 1. The molecule has 186 valence electrons. The predicted molar refractivity (Wildman–Crippen MR) is 121 cm³/mol. The lowest BCUT2D eigenvalue weighted by atomic mass is 9.97. The molecule has 1 N–H and O–H groups in total. The highest BCUT2D eigenvalue weighted by atomic mass is 32.2. The number of esters is 1. The molecule has 9 heteroatoms. The zero-order valence-corrected chi connectivity index (χ0v) is 20.4. The van der Waals surface area contributed by atoms with E-state index in [-0.39, 0.29) is 28.9 Å². The van der Waals surface area contributed by atoms with Gasteiger partial charge in [-0.3, -0.25) is 0 Å². The molecule has 0 heterocycles. The molecule has 0 aliphatic heterocycles. The van der Waals surface area contributed by atoms with Crippen molar-refractivity contribution in [2.75, 3.05) is 6.61 Å². The Labute approximate surface area is 200 Å². The molecule has 2 aromatic carbocycles. The van der Waals surface area contributed by atoms with Gasteiger partial charge in [0.1, 0.15) is 11.6 Å². The van der Waals surface area contributed by atoms with Crippen molar-refractivity contribution in [2.24, 2.45) is 5.92 Å². The van der Waals surface area contributed by atoms with Crippen molar-refractivity contribution < 1.29 is 36.9 Å². The van der Waals surface area contributed by atoms with Crippen LogP contribution in [0.3, 0.4) is 0 Å². The standard InChI is InChI=1S/C25H28F4O4S/c1-6-32-23(31)24(4,5)33-22-13(2)9-15(10-14(22)3)18-12-19(18)21(30)17-8-7-16(11-20(17)26)34-25(27,28)29/h7-11,18-19,21,30H,6,12H2,1-5H3. The van der Waals surface area contributed by atoms with E-state index >= 15 is 0 Å². The molecule has 0 amide bonds. The topological polar surface area (TPSA) is 55.8 Å². The molecule has 0 saturated heterocycles. The largest absolute Gasteiger partial charge is 0.476 e. The summed E-state index contributed by atoms with van der Waals surface area (Å²) < 4.78 is 63.1. The Morgan fingerprint density at radius 1 is 1.18 bits per heavy atom. The summed E-state index contributed by atoms with van der Waals surface area (Å²) in [5.74, 6) is -1.03. The second-order valence-electron chi connectivity index (χ2n) is 9.00. The van der Waals surface area contributed by atoms with Crippen molar-refractivity contribution in [3.63, 3.8) is 0 Å². The van der Waals surface area contributed by atoms with Gasteiger partial charge in [0.2, 0.25) is 0 Å². The average molecular weight is 501 g/mol. The zero-order valence-electron chi connectivity index (χ0n) is 19.6. The molecule has 0 bridgehead atoms. The first-order valence-corrected chi connectivity index (χ1v) is 11.8. The number of benzene rings is 2. The minimum Gasteiger partial charge on any atom is -0.476 e. The predicted octanol–water partition coefficient (Wildman–Crippen LogP) is 6.61. The first kappa shape index (κ1) is 26.3. The van der Waals surface area contributed by atoms with E-state index in [9.17, 15) is 27.5 Å². The second kappa shape index (κ2) is 9.77. The summed E-state index contributed by atoms with van der Waals surface area (Å²) in [6, 6.07) is 7.03. The smallest absolute Gasteiger partial charge is 0.446 e. The summed E-state index contributed by atoms with van der Waals surface area (Å²) >= 11 is -0.393. The molecule has 0 radical (unpaired) electrons. The third-order valence-electron chi connectivity index (χ3n) is 5.80. The molecule has 1 aliphatic rings. The van der Waals surface area contributed by atoms with E-state index in [4.69, 9.17) is 9.47 Å². The third-order valence-corrected chi connectivity index (χ3v) is 6.53. The lowest BCUT2D eigenvalue weighted by Crippen LogP contribution is -2.40. The first-order chi connectivity index (χ1) is 15.7. The molecule has 1 aliphatic carbocycles. The first-order valence-electron chi connectivity index (χ1n) is 10.9. The van der Waals surface area contributed by atoms with Crippen LogP contribution in [0.25, 0.3) is 0 Å². The van der Waals surface area contributed by atoms with Gasteiger partial charge in [0.25, 0.3) is 0 Å². The molecule has 0 spiro atoms. The highest BCUT2D eigenvalue weighted by Crippen LogP contribution is 2.55. The normalized spacial score (nSPS) is 19.0. The van der Waals surface area contributed by atoms with Crippen LogP contribution in [0.2, 0.25) is 0 Å². The third kappa shape index (κ3) is 6.05. The van der Waals surface area contributed by atoms with E-state index in [0.29, 0.717) is 12.2 Å². The lowest BCUT2D eigenvalue weighted by molar-refractivity contribution is -0.158. The summed E-state index contributed by atoms with van der Waals surface area (Å²) in [5.41, 5.74) is -3.11. The lowest BCUT2D eigenvalue weighted by Gasteiger charge is -2.26. The molecule has 3 atom stereocenters. The molecule has 3 rings (SSSR count). The number of aryl methyl sites for hydroxylation is 2. The fraction of sp³-hybridized carbons (Fsp3) is 0.480. The molecule has 2 aromatic rings. The van der Waals surface area contributed by atoms with Crippen LogP contribution in [0.5, 0.6) is 5.75 Å². The summed E-state index contributed by atoms with van der Waals surface area (Å²) in [5, 5.41) is 10.7. The number of carbonyl (C=O) groups excluding carboxylic acids is 1. The molecule has 4 nitrogen and oxygen atoms in total. The maximum absolute atomic E-state index is 14.5. The number of carbonyl (C=O) groups is 1. The summed E-state index contributed by atoms with van der Waals surface area (Å²) in [6.07, 6.45) is -0.512. The minimum atomic E-state index is -4.51. The Morgan fingerprint density at radius 2 is 1.79 bits per heavy atom. The Balaban J connectivity index is 1.74. The van der Waals surface area contributed by atoms with Gasteiger partial charge >= 0.3 is 11.5 Å². The van der Waals surface area contributed by atoms with E-state index in [2.05, 4.69) is 0 Å². The number of halogens is 4. The number of ether oxygens (including phenoxy) is 2. The van der Waals surface area contributed by atoms with Gasteiger partial charge in [-0.15, -0.1) is 0 Å². The van der Waals surface area contributed by atoms with Gasteiger partial charge < -0.3 is 14.6 Å². The second-order valence-corrected chi connectivity index (χ2v) is 10.1. The molecular formula is C25H28F4O4S. The molecule has 34 heavy (non-hydrogen) atoms. The van der Waals surface area contributed by atoms with Crippen LogP contribution in [0.4, 0.5) is 17.6 Å². The van der Waals surface area contributed by atoms with Crippen molar-refractivity contribution in [1.82, 2.24) is 0 Å². The van der Waals surface area contributed by atoms with Crippen molar-refractivity contribution >= 4 is 17.7 Å². The molecule has 1 saturated carbocycles. The van der Waals surface area contributed by atoms with Crippen molar-refractivity contribution in [3.8, 4) is 5.75 Å². The van der Waals surface area contributed by atoms with Gasteiger partial charge in [-0.25, -0.2) is 9.18 Å². The number of aliphatic hydroxyl groups is 1. The maximum Gasteiger partial charge on any atom is 0.446 e. The number of hydrogen-bond donors (Lipinski definition) is 1. The van der Waals surface area contributed by atoms with Crippen molar-refractivity contribution in [1.29, 1.82) is 0 Å². The minimum absolute atomic E-state index is 0.0105. The summed E-state index contributed by atoms with van der Waals surface area (Å²) in [7, 11) is 0. The monoisotopic (exact) mass is 500 g/mol. The fourth-order valence-corrected chi connectivity index (χ4v) is 4.65. The van der Waals surface area contributed by atoms with Gasteiger partial charge in [-0.2, -0.15) is 13.2 Å². The number of hydrogen-bond acceptors (Lipinski definition) is 5. The molecule has 1 fully saturated rings. The summed E-state index contributed by atoms with van der Waals surface area (Å²) in [4.78, 5) is 11.9. The zero-order chi connectivity index (χ0) is 25.4. The quantitative estimate of drug-likeness (QED) is 0.251. The Bertz CT molecular complexity index is 1040. The Kier molecular flexibility index (Phi) is 7.57. The van der Waals surface area contributed by atoms with Crippen molar-refractivity contribution in [2.45, 2.75) is 69.1 Å². The highest BCUT2D eigenvalue weighted by molar-refractivity contribution is 8.00.